The molecule has 3 amide bonds. The predicted octanol–water partition coefficient (Wildman–Crippen LogP) is 6.36. The number of aliphatic hydroxyl groups excluding tert-OH is 1. The van der Waals surface area contributed by atoms with E-state index in [9.17, 15) is 33.9 Å². The summed E-state index contributed by atoms with van der Waals surface area (Å²) in [5.41, 5.74) is 0.953. The van der Waals surface area contributed by atoms with Crippen LogP contribution < -0.4 is 16.0 Å². The molecule has 0 saturated heterocycles. The number of alkyl halides is 1. The van der Waals surface area contributed by atoms with Crippen LogP contribution in [0.5, 0.6) is 0 Å². The second-order valence-electron chi connectivity index (χ2n) is 17.4. The molecule has 1 aliphatic rings. The van der Waals surface area contributed by atoms with E-state index in [-0.39, 0.29) is 57.0 Å². The van der Waals surface area contributed by atoms with Crippen molar-refractivity contribution in [3.8, 4) is 0 Å². The number of amides is 3. The molecule has 0 fully saturated rings. The van der Waals surface area contributed by atoms with Crippen molar-refractivity contribution in [2.75, 3.05) is 6.54 Å². The number of benzene rings is 2. The molecule has 0 bridgehead atoms. The number of aliphatic hydroxyl groups is 1. The minimum absolute atomic E-state index is 0.0213. The zero-order valence-electron chi connectivity index (χ0n) is 36.1. The van der Waals surface area contributed by atoms with Gasteiger partial charge in [-0.1, -0.05) is 74.8 Å². The molecule has 0 aromatic heterocycles. The van der Waals surface area contributed by atoms with Crippen molar-refractivity contribution in [3.63, 3.8) is 0 Å². The first-order valence-electron chi connectivity index (χ1n) is 20.3. The lowest BCUT2D eigenvalue weighted by molar-refractivity contribution is -0.180. The highest BCUT2D eigenvalue weighted by Crippen LogP contribution is 2.33. The second kappa shape index (κ2) is 22.4. The third-order valence-electron chi connectivity index (χ3n) is 9.86. The summed E-state index contributed by atoms with van der Waals surface area (Å²) >= 11 is 13.2. The van der Waals surface area contributed by atoms with Gasteiger partial charge in [0.05, 0.1) is 23.3 Å². The molecule has 330 valence electrons. The monoisotopic (exact) mass is 873 g/mol. The molecule has 0 aliphatic carbocycles. The van der Waals surface area contributed by atoms with Gasteiger partial charge in [-0.2, -0.15) is 0 Å². The summed E-state index contributed by atoms with van der Waals surface area (Å²) in [6, 6.07) is 11.2. The zero-order chi connectivity index (χ0) is 44.9. The molecule has 6 atom stereocenters. The molecule has 13 nitrogen and oxygen atoms in total. The van der Waals surface area contributed by atoms with Gasteiger partial charge in [-0.3, -0.25) is 24.0 Å². The van der Waals surface area contributed by atoms with Crippen molar-refractivity contribution >= 4 is 58.8 Å². The van der Waals surface area contributed by atoms with E-state index >= 15 is 0 Å². The fourth-order valence-corrected chi connectivity index (χ4v) is 6.72. The van der Waals surface area contributed by atoms with Gasteiger partial charge in [0, 0.05) is 43.3 Å². The first-order valence-corrected chi connectivity index (χ1v) is 21.1. The van der Waals surface area contributed by atoms with Gasteiger partial charge in [0.15, 0.2) is 6.10 Å². The van der Waals surface area contributed by atoms with Crippen LogP contribution in [0.3, 0.4) is 0 Å². The highest BCUT2D eigenvalue weighted by Gasteiger charge is 2.38. The van der Waals surface area contributed by atoms with E-state index in [2.05, 4.69) is 16.0 Å². The Hall–Kier alpha value is -4.46. The van der Waals surface area contributed by atoms with E-state index < -0.39 is 76.4 Å². The Bertz CT molecular complexity index is 1860. The van der Waals surface area contributed by atoms with E-state index in [1.807, 2.05) is 32.9 Å². The number of ether oxygens (including phenoxy) is 3. The van der Waals surface area contributed by atoms with Crippen molar-refractivity contribution in [2.45, 2.75) is 136 Å². The Morgan fingerprint density at radius 1 is 1.00 bits per heavy atom. The topological polar surface area (TPSA) is 186 Å². The average Bonchev–Trinajstić information content (AvgIpc) is 3.16. The summed E-state index contributed by atoms with van der Waals surface area (Å²) in [6.07, 6.45) is -0.732. The van der Waals surface area contributed by atoms with Crippen molar-refractivity contribution in [2.24, 2.45) is 17.3 Å². The lowest BCUT2D eigenvalue weighted by Crippen LogP contribution is -2.51. The number of halogens is 2. The fraction of sp³-hybridized carbons (Fsp3) is 0.556. The summed E-state index contributed by atoms with van der Waals surface area (Å²) in [6.45, 7) is 15.7. The normalized spacial score (nSPS) is 21.4. The summed E-state index contributed by atoms with van der Waals surface area (Å²) in [5, 5.41) is 19.4. The van der Waals surface area contributed by atoms with Crippen molar-refractivity contribution in [1.29, 1.82) is 0 Å². The molecule has 3 rings (SSSR count). The number of hydrogen-bond acceptors (Lipinski definition) is 10. The molecule has 15 heteroatoms. The molecule has 0 radical (unpaired) electrons. The molecule has 0 spiro atoms. The van der Waals surface area contributed by atoms with Gasteiger partial charge in [-0.15, -0.1) is 11.6 Å². The van der Waals surface area contributed by atoms with E-state index in [0.717, 1.165) is 11.1 Å². The molecule has 1 heterocycles. The number of carbonyl (C=O) groups is 6. The Morgan fingerprint density at radius 3 is 2.27 bits per heavy atom. The summed E-state index contributed by atoms with van der Waals surface area (Å²) in [4.78, 5) is 78.5. The van der Waals surface area contributed by atoms with Crippen LogP contribution in [0.15, 0.2) is 54.6 Å². The van der Waals surface area contributed by atoms with E-state index in [1.54, 1.807) is 71.9 Å². The Labute approximate surface area is 363 Å². The van der Waals surface area contributed by atoms with E-state index in [1.165, 1.54) is 12.2 Å². The first-order chi connectivity index (χ1) is 27.9. The number of cyclic esters (lactones) is 2. The number of rotatable bonds is 13. The smallest absolute Gasteiger partial charge is 0.347 e. The van der Waals surface area contributed by atoms with E-state index in [0.29, 0.717) is 16.1 Å². The van der Waals surface area contributed by atoms with Gasteiger partial charge in [0.2, 0.25) is 17.7 Å². The Balaban J connectivity index is 1.82. The molecule has 2 aromatic rings. The third-order valence-corrected chi connectivity index (χ3v) is 10.8. The van der Waals surface area contributed by atoms with Gasteiger partial charge in [-0.05, 0) is 88.3 Å². The maximum atomic E-state index is 13.8. The highest BCUT2D eigenvalue weighted by molar-refractivity contribution is 6.31. The van der Waals surface area contributed by atoms with Crippen LogP contribution in [0.1, 0.15) is 109 Å². The largest absolute Gasteiger partial charge is 0.460 e. The highest BCUT2D eigenvalue weighted by atomic mass is 35.5. The van der Waals surface area contributed by atoms with Crippen LogP contribution >= 0.6 is 23.2 Å². The average molecular weight is 875 g/mol. The van der Waals surface area contributed by atoms with Crippen LogP contribution in [0.4, 0.5) is 0 Å². The van der Waals surface area contributed by atoms with Crippen LogP contribution in [-0.2, 0) is 55.9 Å². The molecule has 4 N–H and O–H groups in total. The van der Waals surface area contributed by atoms with Gasteiger partial charge >= 0.3 is 17.9 Å². The Morgan fingerprint density at radius 2 is 1.65 bits per heavy atom. The van der Waals surface area contributed by atoms with Crippen molar-refractivity contribution in [1.82, 2.24) is 16.0 Å². The van der Waals surface area contributed by atoms with Crippen molar-refractivity contribution in [3.05, 3.63) is 81.9 Å². The van der Waals surface area contributed by atoms with Crippen LogP contribution in [0.25, 0.3) is 0 Å². The quantitative estimate of drug-likeness (QED) is 0.100. The minimum atomic E-state index is -1.30. The van der Waals surface area contributed by atoms with E-state index in [4.69, 9.17) is 37.4 Å². The molecule has 6 unspecified atom stereocenters. The Kier molecular flexibility index (Phi) is 18.6. The zero-order valence-corrected chi connectivity index (χ0v) is 37.6. The second-order valence-corrected chi connectivity index (χ2v) is 18.3. The van der Waals surface area contributed by atoms with Gasteiger partial charge in [0.25, 0.3) is 0 Å². The molecule has 60 heavy (non-hydrogen) atoms. The minimum Gasteiger partial charge on any atom is -0.460 e. The lowest BCUT2D eigenvalue weighted by Gasteiger charge is -2.32. The number of aryl methyl sites for hydroxylation is 1. The summed E-state index contributed by atoms with van der Waals surface area (Å²) in [5.74, 6) is -4.34. The number of esters is 3. The maximum Gasteiger partial charge on any atom is 0.347 e. The summed E-state index contributed by atoms with van der Waals surface area (Å²) in [7, 11) is 0. The summed E-state index contributed by atoms with van der Waals surface area (Å²) < 4.78 is 17.0. The van der Waals surface area contributed by atoms with Gasteiger partial charge in [-0.25, -0.2) is 4.79 Å². The number of hydrogen-bond donors (Lipinski definition) is 4. The first kappa shape index (κ1) is 49.9. The molecule has 2 aromatic carbocycles. The van der Waals surface area contributed by atoms with Gasteiger partial charge in [0.1, 0.15) is 17.7 Å². The standard InChI is InChI=1S/C45H61Cl2N3O10/c1-26(2)21-35-42(56)58-34(28(4)40(54)39(47)31-17-15-29(16-18-31)24-48-36(51)19-20-38(53)60-44(5,6)7)11-10-12-37(52)50-33(23-30-14-13-27(3)32(46)22-30)41(55)49-25-45(8,9)43(57)59-35/h10,12-18,22,26,28,33-35,39-40,54H,11,19-21,23-25H2,1-9H3,(H,48,51)(H,49,55)(H,50,52)/b12-10+. The molecule has 0 saturated carbocycles. The van der Waals surface area contributed by atoms with Crippen molar-refractivity contribution < 1.29 is 48.1 Å². The lowest BCUT2D eigenvalue weighted by atomic mass is 9.90. The molecule has 1 aliphatic heterocycles. The number of nitrogens with one attached hydrogen (secondary N) is 3. The van der Waals surface area contributed by atoms with Gasteiger partial charge < -0.3 is 35.3 Å². The SMILES string of the molecule is Cc1ccc(CC2NC(=O)/C=C/CC(C(C)C(O)C(Cl)c3ccc(CNC(=O)CCC(=O)OC(C)(C)C)cc3)OC(=O)C(CC(C)C)OC(=O)C(C)(C)CNC2=O)cc1Cl. The van der Waals surface area contributed by atoms with Crippen LogP contribution in [0, 0.1) is 24.2 Å². The fourth-order valence-electron chi connectivity index (χ4n) is 6.15. The number of carbonyl (C=O) groups excluding carboxylic acids is 6. The predicted molar refractivity (Wildman–Crippen MR) is 229 cm³/mol. The van der Waals surface area contributed by atoms with Crippen LogP contribution in [-0.4, -0.2) is 77.2 Å². The molecular weight excluding hydrogens is 813 g/mol. The van der Waals surface area contributed by atoms with Crippen LogP contribution in [0.2, 0.25) is 5.02 Å². The molecular formula is C45H61Cl2N3O10. The third kappa shape index (κ3) is 16.2. The maximum absolute atomic E-state index is 13.8.